The molecule has 1 heterocycles. The minimum Gasteiger partial charge on any atom is -0.487 e. The summed E-state index contributed by atoms with van der Waals surface area (Å²) in [4.78, 5) is 0. The highest BCUT2D eigenvalue weighted by Gasteiger charge is 2.03. The van der Waals surface area contributed by atoms with E-state index >= 15 is 0 Å². The summed E-state index contributed by atoms with van der Waals surface area (Å²) in [7, 11) is 1.77. The van der Waals surface area contributed by atoms with Gasteiger partial charge in [-0.05, 0) is 24.3 Å². The van der Waals surface area contributed by atoms with Gasteiger partial charge < -0.3 is 4.74 Å². The SMILES string of the molecule is Cn1nc(COc2ccc(C#N)cc2)cc1Cl. The Balaban J connectivity index is 2.00. The van der Waals surface area contributed by atoms with Crippen LogP contribution in [0.4, 0.5) is 0 Å². The average Bonchev–Trinajstić information content (AvgIpc) is 2.67. The summed E-state index contributed by atoms with van der Waals surface area (Å²) in [6.45, 7) is 0.354. The van der Waals surface area contributed by atoms with Crippen LogP contribution < -0.4 is 4.74 Å². The Hall–Kier alpha value is -1.99. The first kappa shape index (κ1) is 11.5. The Labute approximate surface area is 104 Å². The number of benzene rings is 1. The highest BCUT2D eigenvalue weighted by Crippen LogP contribution is 2.15. The number of aryl methyl sites for hydroxylation is 1. The molecule has 0 aliphatic heterocycles. The van der Waals surface area contributed by atoms with E-state index in [1.807, 2.05) is 0 Å². The molecule has 0 radical (unpaired) electrons. The van der Waals surface area contributed by atoms with Crippen molar-refractivity contribution >= 4 is 11.6 Å². The van der Waals surface area contributed by atoms with Crippen LogP contribution in [0.15, 0.2) is 30.3 Å². The number of nitrogens with zero attached hydrogens (tertiary/aromatic N) is 3. The highest BCUT2D eigenvalue weighted by molar-refractivity contribution is 6.29. The molecule has 86 valence electrons. The maximum absolute atomic E-state index is 8.65. The third-order valence-corrected chi connectivity index (χ3v) is 2.60. The Morgan fingerprint density at radius 1 is 1.41 bits per heavy atom. The van der Waals surface area contributed by atoms with Gasteiger partial charge in [-0.1, -0.05) is 11.6 Å². The molecule has 0 N–H and O–H groups in total. The first-order chi connectivity index (χ1) is 8.19. The predicted octanol–water partition coefficient (Wildman–Crippen LogP) is 2.52. The van der Waals surface area contributed by atoms with Gasteiger partial charge in [0.2, 0.25) is 0 Å². The molecule has 0 aliphatic rings. The fourth-order valence-corrected chi connectivity index (χ4v) is 1.52. The zero-order valence-corrected chi connectivity index (χ0v) is 9.98. The molecule has 4 nitrogen and oxygen atoms in total. The lowest BCUT2D eigenvalue weighted by atomic mass is 10.2. The van der Waals surface area contributed by atoms with Gasteiger partial charge in [0.1, 0.15) is 23.2 Å². The molecule has 0 unspecified atom stereocenters. The molecule has 0 amide bonds. The molecule has 0 saturated carbocycles. The van der Waals surface area contributed by atoms with Crippen LogP contribution in [0.1, 0.15) is 11.3 Å². The van der Waals surface area contributed by atoms with Crippen LogP contribution in [0.2, 0.25) is 5.15 Å². The van der Waals surface area contributed by atoms with Gasteiger partial charge in [-0.2, -0.15) is 10.4 Å². The summed E-state index contributed by atoms with van der Waals surface area (Å²) < 4.78 is 7.10. The molecule has 5 heteroatoms. The maximum atomic E-state index is 8.65. The number of aromatic nitrogens is 2. The second-order valence-corrected chi connectivity index (χ2v) is 3.89. The highest BCUT2D eigenvalue weighted by atomic mass is 35.5. The van der Waals surface area contributed by atoms with Crippen LogP contribution in [-0.4, -0.2) is 9.78 Å². The van der Waals surface area contributed by atoms with Crippen LogP contribution >= 0.6 is 11.6 Å². The van der Waals surface area contributed by atoms with E-state index in [1.54, 1.807) is 42.1 Å². The minimum absolute atomic E-state index is 0.354. The van der Waals surface area contributed by atoms with E-state index in [9.17, 15) is 0 Å². The van der Waals surface area contributed by atoms with Crippen LogP contribution in [0.3, 0.4) is 0 Å². The van der Waals surface area contributed by atoms with Crippen molar-refractivity contribution in [2.45, 2.75) is 6.61 Å². The summed E-state index contributed by atoms with van der Waals surface area (Å²) in [5.74, 6) is 0.700. The first-order valence-electron chi connectivity index (χ1n) is 5.00. The number of ether oxygens (including phenoxy) is 1. The van der Waals surface area contributed by atoms with Gasteiger partial charge in [-0.15, -0.1) is 0 Å². The zero-order valence-electron chi connectivity index (χ0n) is 9.22. The van der Waals surface area contributed by atoms with Gasteiger partial charge >= 0.3 is 0 Å². The van der Waals surface area contributed by atoms with Crippen molar-refractivity contribution in [1.29, 1.82) is 5.26 Å². The number of halogens is 1. The van der Waals surface area contributed by atoms with Gasteiger partial charge in [0.05, 0.1) is 11.6 Å². The Morgan fingerprint density at radius 3 is 2.65 bits per heavy atom. The van der Waals surface area contributed by atoms with Crippen LogP contribution in [0, 0.1) is 11.3 Å². The van der Waals surface area contributed by atoms with Gasteiger partial charge in [-0.3, -0.25) is 4.68 Å². The first-order valence-corrected chi connectivity index (χ1v) is 5.38. The Kier molecular flexibility index (Phi) is 3.31. The lowest BCUT2D eigenvalue weighted by Gasteiger charge is -2.03. The summed E-state index contributed by atoms with van der Waals surface area (Å²) >= 11 is 5.86. The molecule has 0 bridgehead atoms. The maximum Gasteiger partial charge on any atom is 0.132 e. The molecule has 2 aromatic rings. The summed E-state index contributed by atoms with van der Waals surface area (Å²) in [5.41, 5.74) is 1.38. The number of rotatable bonds is 3. The van der Waals surface area contributed by atoms with Crippen LogP contribution in [0.5, 0.6) is 5.75 Å². The van der Waals surface area contributed by atoms with E-state index in [0.717, 1.165) is 5.69 Å². The Bertz CT molecular complexity index is 535. The summed E-state index contributed by atoms with van der Waals surface area (Å²) in [5, 5.41) is 13.4. The zero-order chi connectivity index (χ0) is 12.3. The molecular weight excluding hydrogens is 238 g/mol. The third kappa shape index (κ3) is 2.77. The molecule has 0 aliphatic carbocycles. The molecule has 1 aromatic heterocycles. The van der Waals surface area contributed by atoms with Gasteiger partial charge in [0.25, 0.3) is 0 Å². The number of hydrogen-bond donors (Lipinski definition) is 0. The van der Waals surface area contributed by atoms with Crippen molar-refractivity contribution in [3.63, 3.8) is 0 Å². The number of hydrogen-bond acceptors (Lipinski definition) is 3. The van der Waals surface area contributed by atoms with E-state index in [2.05, 4.69) is 11.2 Å². The quantitative estimate of drug-likeness (QED) is 0.838. The lowest BCUT2D eigenvalue weighted by Crippen LogP contribution is -1.98. The summed E-state index contributed by atoms with van der Waals surface area (Å²) in [6, 6.07) is 10.7. The second kappa shape index (κ2) is 4.89. The molecule has 2 rings (SSSR count). The monoisotopic (exact) mass is 247 g/mol. The van der Waals surface area contributed by atoms with E-state index in [-0.39, 0.29) is 0 Å². The Morgan fingerprint density at radius 2 is 2.12 bits per heavy atom. The van der Waals surface area contributed by atoms with Crippen molar-refractivity contribution < 1.29 is 4.74 Å². The second-order valence-electron chi connectivity index (χ2n) is 3.51. The normalized spacial score (nSPS) is 9.94. The molecule has 0 saturated heterocycles. The molecule has 0 spiro atoms. The fraction of sp³-hybridized carbons (Fsp3) is 0.167. The van der Waals surface area contributed by atoms with Gasteiger partial charge in [-0.25, -0.2) is 0 Å². The van der Waals surface area contributed by atoms with Gasteiger partial charge in [0.15, 0.2) is 0 Å². The summed E-state index contributed by atoms with van der Waals surface area (Å²) in [6.07, 6.45) is 0. The van der Waals surface area contributed by atoms with Crippen molar-refractivity contribution in [2.24, 2.45) is 7.05 Å². The van der Waals surface area contributed by atoms with Crippen LogP contribution in [0.25, 0.3) is 0 Å². The standard InChI is InChI=1S/C12H10ClN3O/c1-16-12(13)6-10(15-16)8-17-11-4-2-9(7-14)3-5-11/h2-6H,8H2,1H3. The topological polar surface area (TPSA) is 50.8 Å². The lowest BCUT2D eigenvalue weighted by molar-refractivity contribution is 0.300. The van der Waals surface area contributed by atoms with Crippen LogP contribution in [-0.2, 0) is 13.7 Å². The van der Waals surface area contributed by atoms with Crippen molar-refractivity contribution in [1.82, 2.24) is 9.78 Å². The largest absolute Gasteiger partial charge is 0.487 e. The van der Waals surface area contributed by atoms with E-state index in [1.165, 1.54) is 0 Å². The molecule has 0 atom stereocenters. The van der Waals surface area contributed by atoms with E-state index < -0.39 is 0 Å². The van der Waals surface area contributed by atoms with Crippen molar-refractivity contribution in [3.8, 4) is 11.8 Å². The third-order valence-electron chi connectivity index (χ3n) is 2.24. The minimum atomic E-state index is 0.354. The molecule has 17 heavy (non-hydrogen) atoms. The van der Waals surface area contributed by atoms with E-state index in [4.69, 9.17) is 21.6 Å². The molecular formula is C12H10ClN3O. The van der Waals surface area contributed by atoms with E-state index in [0.29, 0.717) is 23.1 Å². The smallest absolute Gasteiger partial charge is 0.132 e. The molecule has 0 fully saturated rings. The predicted molar refractivity (Wildman–Crippen MR) is 63.7 cm³/mol. The average molecular weight is 248 g/mol. The van der Waals surface area contributed by atoms with Crippen molar-refractivity contribution in [3.05, 3.63) is 46.7 Å². The van der Waals surface area contributed by atoms with Gasteiger partial charge in [0, 0.05) is 13.1 Å². The number of nitriles is 1. The van der Waals surface area contributed by atoms with Crippen molar-refractivity contribution in [2.75, 3.05) is 0 Å². The molecule has 1 aromatic carbocycles. The fourth-order valence-electron chi connectivity index (χ4n) is 1.35.